The standard InChI is InChI=1S/C9H16O/c1-7(2)8(10)9(3)5-4-6-9/h7H,4-6H2,1-3H3. The van der Waals surface area contributed by atoms with Gasteiger partial charge in [0.05, 0.1) is 0 Å². The van der Waals surface area contributed by atoms with Crippen molar-refractivity contribution < 1.29 is 4.79 Å². The first-order valence-electron chi connectivity index (χ1n) is 4.10. The SMILES string of the molecule is CC(C)C(=O)C1(C)CCC1. The van der Waals surface area contributed by atoms with Crippen molar-refractivity contribution in [2.75, 3.05) is 0 Å². The molecule has 1 nitrogen and oxygen atoms in total. The molecular formula is C9H16O. The Bertz CT molecular complexity index is 143. The van der Waals surface area contributed by atoms with Crippen molar-refractivity contribution in [3.63, 3.8) is 0 Å². The lowest BCUT2D eigenvalue weighted by atomic mass is 9.65. The molecule has 0 spiro atoms. The van der Waals surface area contributed by atoms with E-state index in [0.29, 0.717) is 5.78 Å². The number of carbonyl (C=O) groups is 1. The molecule has 1 saturated carbocycles. The van der Waals surface area contributed by atoms with E-state index in [2.05, 4.69) is 6.92 Å². The normalized spacial score (nSPS) is 22.4. The van der Waals surface area contributed by atoms with Gasteiger partial charge < -0.3 is 0 Å². The van der Waals surface area contributed by atoms with Gasteiger partial charge in [-0.05, 0) is 12.8 Å². The lowest BCUT2D eigenvalue weighted by Crippen LogP contribution is -2.37. The maximum atomic E-state index is 11.4. The zero-order valence-corrected chi connectivity index (χ0v) is 7.11. The molecule has 0 amide bonds. The fourth-order valence-corrected chi connectivity index (χ4v) is 1.65. The first-order valence-corrected chi connectivity index (χ1v) is 4.10. The molecule has 1 rings (SSSR count). The van der Waals surface area contributed by atoms with E-state index in [1.807, 2.05) is 13.8 Å². The highest BCUT2D eigenvalue weighted by Gasteiger charge is 2.39. The minimum absolute atomic E-state index is 0.0637. The van der Waals surface area contributed by atoms with E-state index in [1.54, 1.807) is 0 Å². The lowest BCUT2D eigenvalue weighted by Gasteiger charge is -2.37. The second-order valence-corrected chi connectivity index (χ2v) is 3.93. The smallest absolute Gasteiger partial charge is 0.141 e. The molecule has 0 bridgehead atoms. The molecule has 1 fully saturated rings. The van der Waals surface area contributed by atoms with Crippen LogP contribution in [-0.2, 0) is 4.79 Å². The van der Waals surface area contributed by atoms with Crippen LogP contribution in [-0.4, -0.2) is 5.78 Å². The predicted molar refractivity (Wildman–Crippen MR) is 41.8 cm³/mol. The van der Waals surface area contributed by atoms with Gasteiger partial charge in [0, 0.05) is 11.3 Å². The maximum absolute atomic E-state index is 11.4. The van der Waals surface area contributed by atoms with E-state index in [4.69, 9.17) is 0 Å². The van der Waals surface area contributed by atoms with Crippen LogP contribution < -0.4 is 0 Å². The van der Waals surface area contributed by atoms with Gasteiger partial charge in [-0.15, -0.1) is 0 Å². The topological polar surface area (TPSA) is 17.1 Å². The van der Waals surface area contributed by atoms with E-state index in [0.717, 1.165) is 12.8 Å². The molecular weight excluding hydrogens is 124 g/mol. The van der Waals surface area contributed by atoms with Gasteiger partial charge in [-0.25, -0.2) is 0 Å². The molecule has 0 radical (unpaired) electrons. The maximum Gasteiger partial charge on any atom is 0.141 e. The van der Waals surface area contributed by atoms with Crippen molar-refractivity contribution in [3.05, 3.63) is 0 Å². The summed E-state index contributed by atoms with van der Waals surface area (Å²) in [6.07, 6.45) is 3.48. The number of carbonyl (C=O) groups excluding carboxylic acids is 1. The van der Waals surface area contributed by atoms with Crippen LogP contribution in [0.2, 0.25) is 0 Å². The number of rotatable bonds is 2. The molecule has 0 atom stereocenters. The van der Waals surface area contributed by atoms with Gasteiger partial charge in [0.15, 0.2) is 0 Å². The second kappa shape index (κ2) is 2.37. The minimum Gasteiger partial charge on any atom is -0.299 e. The Balaban J connectivity index is 2.55. The van der Waals surface area contributed by atoms with Crippen molar-refractivity contribution in [2.24, 2.45) is 11.3 Å². The second-order valence-electron chi connectivity index (χ2n) is 3.93. The van der Waals surface area contributed by atoms with Gasteiger partial charge in [-0.3, -0.25) is 4.79 Å². The number of hydrogen-bond donors (Lipinski definition) is 0. The van der Waals surface area contributed by atoms with Crippen LogP contribution >= 0.6 is 0 Å². The molecule has 0 heterocycles. The fourth-order valence-electron chi connectivity index (χ4n) is 1.65. The molecule has 58 valence electrons. The van der Waals surface area contributed by atoms with Crippen LogP contribution in [0.15, 0.2) is 0 Å². The first-order chi connectivity index (χ1) is 4.56. The quantitative estimate of drug-likeness (QED) is 0.575. The van der Waals surface area contributed by atoms with Crippen molar-refractivity contribution in [2.45, 2.75) is 40.0 Å². The Morgan fingerprint density at radius 1 is 1.40 bits per heavy atom. The van der Waals surface area contributed by atoms with Crippen LogP contribution in [0.5, 0.6) is 0 Å². The van der Waals surface area contributed by atoms with Crippen molar-refractivity contribution in [1.29, 1.82) is 0 Å². The molecule has 0 aliphatic heterocycles. The van der Waals surface area contributed by atoms with Gasteiger partial charge in [0.2, 0.25) is 0 Å². The number of ketones is 1. The average molecular weight is 140 g/mol. The van der Waals surface area contributed by atoms with Gasteiger partial charge in [0.1, 0.15) is 5.78 Å². The Morgan fingerprint density at radius 2 is 1.90 bits per heavy atom. The summed E-state index contributed by atoms with van der Waals surface area (Å²) in [6.45, 7) is 6.08. The highest BCUT2D eigenvalue weighted by molar-refractivity contribution is 5.86. The molecule has 0 aromatic carbocycles. The Hall–Kier alpha value is -0.330. The monoisotopic (exact) mass is 140 g/mol. The molecule has 0 aromatic rings. The molecule has 1 aliphatic carbocycles. The van der Waals surface area contributed by atoms with Gasteiger partial charge in [-0.2, -0.15) is 0 Å². The highest BCUT2D eigenvalue weighted by atomic mass is 16.1. The summed E-state index contributed by atoms with van der Waals surface area (Å²) in [6, 6.07) is 0. The van der Waals surface area contributed by atoms with Crippen molar-refractivity contribution >= 4 is 5.78 Å². The van der Waals surface area contributed by atoms with E-state index in [9.17, 15) is 4.79 Å². The number of hydrogen-bond acceptors (Lipinski definition) is 1. The third kappa shape index (κ3) is 1.09. The van der Waals surface area contributed by atoms with Crippen LogP contribution in [0, 0.1) is 11.3 Å². The zero-order chi connectivity index (χ0) is 7.78. The summed E-state index contributed by atoms with van der Waals surface area (Å²) >= 11 is 0. The molecule has 0 N–H and O–H groups in total. The largest absolute Gasteiger partial charge is 0.299 e. The van der Waals surface area contributed by atoms with Crippen molar-refractivity contribution in [3.8, 4) is 0 Å². The van der Waals surface area contributed by atoms with Gasteiger partial charge in [0.25, 0.3) is 0 Å². The van der Waals surface area contributed by atoms with Crippen molar-refractivity contribution in [1.82, 2.24) is 0 Å². The zero-order valence-electron chi connectivity index (χ0n) is 7.11. The molecule has 0 unspecified atom stereocenters. The van der Waals surface area contributed by atoms with Crippen LogP contribution in [0.25, 0.3) is 0 Å². The molecule has 0 aromatic heterocycles. The summed E-state index contributed by atoms with van der Waals surface area (Å²) in [5.74, 6) is 0.684. The summed E-state index contributed by atoms with van der Waals surface area (Å²) in [5.41, 5.74) is 0.0637. The third-order valence-electron chi connectivity index (χ3n) is 2.58. The molecule has 1 heteroatoms. The highest BCUT2D eigenvalue weighted by Crippen LogP contribution is 2.42. The van der Waals surface area contributed by atoms with E-state index in [-0.39, 0.29) is 11.3 Å². The van der Waals surface area contributed by atoms with Gasteiger partial charge >= 0.3 is 0 Å². The van der Waals surface area contributed by atoms with Crippen LogP contribution in [0.3, 0.4) is 0 Å². The Kier molecular flexibility index (Phi) is 1.84. The third-order valence-corrected chi connectivity index (χ3v) is 2.58. The number of Topliss-reactive ketones (excluding diaryl/α,β-unsaturated/α-hetero) is 1. The Labute approximate surface area is 62.8 Å². The van der Waals surface area contributed by atoms with E-state index in [1.165, 1.54) is 6.42 Å². The summed E-state index contributed by atoms with van der Waals surface area (Å²) in [7, 11) is 0. The fraction of sp³-hybridized carbons (Fsp3) is 0.889. The average Bonchev–Trinajstić information content (AvgIpc) is 1.81. The lowest BCUT2D eigenvalue weighted by molar-refractivity contribution is -0.135. The molecule has 10 heavy (non-hydrogen) atoms. The minimum atomic E-state index is 0.0637. The van der Waals surface area contributed by atoms with E-state index >= 15 is 0 Å². The predicted octanol–water partition coefficient (Wildman–Crippen LogP) is 2.40. The van der Waals surface area contributed by atoms with E-state index < -0.39 is 0 Å². The molecule has 0 saturated heterocycles. The van der Waals surface area contributed by atoms with Gasteiger partial charge in [-0.1, -0.05) is 27.2 Å². The molecule has 1 aliphatic rings. The summed E-state index contributed by atoms with van der Waals surface area (Å²) < 4.78 is 0. The van der Waals surface area contributed by atoms with Crippen LogP contribution in [0.1, 0.15) is 40.0 Å². The first kappa shape index (κ1) is 7.77. The summed E-state index contributed by atoms with van der Waals surface area (Å²) in [5, 5.41) is 0. The summed E-state index contributed by atoms with van der Waals surface area (Å²) in [4.78, 5) is 11.4. The Morgan fingerprint density at radius 3 is 2.00 bits per heavy atom. The van der Waals surface area contributed by atoms with Crippen LogP contribution in [0.4, 0.5) is 0 Å².